The Morgan fingerprint density at radius 3 is 1.11 bits per heavy atom. The van der Waals surface area contributed by atoms with E-state index in [9.17, 15) is 14.4 Å². The summed E-state index contributed by atoms with van der Waals surface area (Å²) in [5.41, 5.74) is 0. The number of esters is 3. The second kappa shape index (κ2) is 53.7. The van der Waals surface area contributed by atoms with Crippen molar-refractivity contribution in [1.82, 2.24) is 0 Å². The van der Waals surface area contributed by atoms with Gasteiger partial charge in [0.15, 0.2) is 6.10 Å². The fourth-order valence-corrected chi connectivity index (χ4v) is 7.07. The first-order chi connectivity index (χ1) is 32.5. The second-order valence-electron chi connectivity index (χ2n) is 17.4. The largest absolute Gasteiger partial charge is 0.462 e. The number of rotatable bonds is 47. The molecule has 0 aliphatic rings. The Morgan fingerprint density at radius 1 is 0.333 bits per heavy atom. The van der Waals surface area contributed by atoms with Gasteiger partial charge in [-0.15, -0.1) is 0 Å². The third-order valence-corrected chi connectivity index (χ3v) is 11.1. The summed E-state index contributed by atoms with van der Waals surface area (Å²) in [7, 11) is 0. The highest BCUT2D eigenvalue weighted by Gasteiger charge is 2.19. The third kappa shape index (κ3) is 51.1. The Balaban J connectivity index is 4.45. The monoisotopic (exact) mass is 915 g/mol. The van der Waals surface area contributed by atoms with Crippen molar-refractivity contribution < 1.29 is 28.6 Å². The van der Waals surface area contributed by atoms with Gasteiger partial charge in [-0.05, 0) is 103 Å². The maximum atomic E-state index is 12.8. The summed E-state index contributed by atoms with van der Waals surface area (Å²) < 4.78 is 16.7. The van der Waals surface area contributed by atoms with E-state index in [0.29, 0.717) is 19.3 Å². The van der Waals surface area contributed by atoms with E-state index >= 15 is 0 Å². The number of unbranched alkanes of at least 4 members (excludes halogenated alkanes) is 20. The van der Waals surface area contributed by atoms with Crippen molar-refractivity contribution in [2.45, 2.75) is 239 Å². The molecule has 1 unspecified atom stereocenters. The molecule has 0 N–H and O–H groups in total. The number of allylic oxidation sites excluding steroid dienone is 18. The summed E-state index contributed by atoms with van der Waals surface area (Å²) in [6.45, 7) is 6.32. The fourth-order valence-electron chi connectivity index (χ4n) is 7.07. The maximum Gasteiger partial charge on any atom is 0.306 e. The van der Waals surface area contributed by atoms with Gasteiger partial charge in [0.05, 0.1) is 0 Å². The van der Waals surface area contributed by atoms with E-state index < -0.39 is 6.10 Å². The molecule has 6 heteroatoms. The first kappa shape index (κ1) is 62.1. The van der Waals surface area contributed by atoms with E-state index in [4.69, 9.17) is 14.2 Å². The lowest BCUT2D eigenvalue weighted by Gasteiger charge is -2.18. The molecule has 0 aliphatic heterocycles. The minimum absolute atomic E-state index is 0.107. The average molecular weight is 915 g/mol. The van der Waals surface area contributed by atoms with Gasteiger partial charge in [-0.2, -0.15) is 0 Å². The maximum absolute atomic E-state index is 12.8. The molecule has 0 aromatic carbocycles. The zero-order valence-electron chi connectivity index (χ0n) is 42.7. The van der Waals surface area contributed by atoms with Crippen LogP contribution in [0.5, 0.6) is 0 Å². The molecule has 0 aromatic heterocycles. The molecule has 0 heterocycles. The van der Waals surface area contributed by atoms with Crippen molar-refractivity contribution in [3.05, 3.63) is 109 Å². The first-order valence-electron chi connectivity index (χ1n) is 26.9. The van der Waals surface area contributed by atoms with Gasteiger partial charge in [-0.1, -0.05) is 220 Å². The topological polar surface area (TPSA) is 78.9 Å². The molecule has 6 nitrogen and oxygen atoms in total. The SMILES string of the molecule is CC/C=C\C/C=C\C/C=C\CCCCCCCCCCCC(=O)OCC(COC(=O)CCC/C=C\C/C=C\C/C=C\CC)OC(=O)CCCCCCC\C=C/C=C\C=C/CCCCCCC. The van der Waals surface area contributed by atoms with E-state index in [-0.39, 0.29) is 37.5 Å². The number of hydrogen-bond donors (Lipinski definition) is 0. The van der Waals surface area contributed by atoms with Crippen molar-refractivity contribution in [2.75, 3.05) is 13.2 Å². The molecule has 0 rings (SSSR count). The summed E-state index contributed by atoms with van der Waals surface area (Å²) in [4.78, 5) is 38.0. The summed E-state index contributed by atoms with van der Waals surface area (Å²) in [6, 6.07) is 0. The van der Waals surface area contributed by atoms with Crippen LogP contribution in [0.4, 0.5) is 0 Å². The lowest BCUT2D eigenvalue weighted by atomic mass is 10.1. The van der Waals surface area contributed by atoms with Gasteiger partial charge in [0.1, 0.15) is 13.2 Å². The molecular formula is C60H98O6. The normalized spacial score (nSPS) is 13.0. The highest BCUT2D eigenvalue weighted by Crippen LogP contribution is 2.14. The van der Waals surface area contributed by atoms with E-state index in [0.717, 1.165) is 116 Å². The van der Waals surface area contributed by atoms with Gasteiger partial charge >= 0.3 is 17.9 Å². The lowest BCUT2D eigenvalue weighted by molar-refractivity contribution is -0.167. The Morgan fingerprint density at radius 2 is 0.667 bits per heavy atom. The van der Waals surface area contributed by atoms with Crippen LogP contribution in [-0.2, 0) is 28.6 Å². The Labute approximate surface area is 406 Å². The van der Waals surface area contributed by atoms with E-state index in [1.807, 2.05) is 0 Å². The molecule has 0 saturated heterocycles. The third-order valence-electron chi connectivity index (χ3n) is 11.1. The van der Waals surface area contributed by atoms with E-state index in [1.54, 1.807) is 0 Å². The Bertz CT molecular complexity index is 1370. The molecule has 0 amide bonds. The molecule has 0 aliphatic carbocycles. The average Bonchev–Trinajstić information content (AvgIpc) is 3.31. The van der Waals surface area contributed by atoms with E-state index in [1.165, 1.54) is 70.6 Å². The van der Waals surface area contributed by atoms with Crippen molar-refractivity contribution in [1.29, 1.82) is 0 Å². The summed E-state index contributed by atoms with van der Waals surface area (Å²) in [6.07, 6.45) is 72.3. The summed E-state index contributed by atoms with van der Waals surface area (Å²) in [5.74, 6) is -0.992. The van der Waals surface area contributed by atoms with Crippen LogP contribution >= 0.6 is 0 Å². The van der Waals surface area contributed by atoms with Crippen LogP contribution < -0.4 is 0 Å². The highest BCUT2D eigenvalue weighted by molar-refractivity contribution is 5.71. The van der Waals surface area contributed by atoms with Crippen LogP contribution in [0.2, 0.25) is 0 Å². The number of ether oxygens (including phenoxy) is 3. The van der Waals surface area contributed by atoms with Crippen LogP contribution in [0.1, 0.15) is 233 Å². The molecule has 0 fully saturated rings. The zero-order chi connectivity index (χ0) is 47.9. The fraction of sp³-hybridized carbons (Fsp3) is 0.650. The smallest absolute Gasteiger partial charge is 0.306 e. The van der Waals surface area contributed by atoms with Gasteiger partial charge in [0, 0.05) is 19.3 Å². The van der Waals surface area contributed by atoms with Crippen molar-refractivity contribution in [2.24, 2.45) is 0 Å². The second-order valence-corrected chi connectivity index (χ2v) is 17.4. The summed E-state index contributed by atoms with van der Waals surface area (Å²) in [5, 5.41) is 0. The molecule has 1 atom stereocenters. The number of carbonyl (C=O) groups is 3. The first-order valence-corrected chi connectivity index (χ1v) is 26.9. The molecule has 0 radical (unpaired) electrons. The minimum Gasteiger partial charge on any atom is -0.462 e. The van der Waals surface area contributed by atoms with Gasteiger partial charge in [-0.25, -0.2) is 0 Å². The van der Waals surface area contributed by atoms with Gasteiger partial charge in [0.25, 0.3) is 0 Å². The standard InChI is InChI=1S/C60H98O6/c1-4-7-10-13-16-19-22-24-26-28-30-32-33-35-38-41-44-47-50-53-59(62)65-56-57(55-64-58(61)52-49-46-43-40-37-21-18-15-12-9-6-3)66-60(63)54-51-48-45-42-39-36-34-31-29-27-25-23-20-17-14-11-8-5-2/h7,9-10,12,16,18-19,21,23-27,29,31,34,40,43,57H,4-6,8,11,13-15,17,20,22,28,30,32-33,35-39,41-42,44-56H2,1-3H3/b10-7-,12-9-,19-16-,21-18-,25-23-,26-24-,29-27-,34-31-,43-40-. The van der Waals surface area contributed by atoms with Gasteiger partial charge in [-0.3, -0.25) is 14.4 Å². The number of carbonyl (C=O) groups excluding carboxylic acids is 3. The van der Waals surface area contributed by atoms with Crippen molar-refractivity contribution in [3.8, 4) is 0 Å². The van der Waals surface area contributed by atoms with Crippen LogP contribution in [-0.4, -0.2) is 37.2 Å². The Hall–Kier alpha value is -3.93. The number of hydrogen-bond acceptors (Lipinski definition) is 6. The lowest BCUT2D eigenvalue weighted by Crippen LogP contribution is -2.30. The zero-order valence-corrected chi connectivity index (χ0v) is 42.7. The predicted molar refractivity (Wildman–Crippen MR) is 283 cm³/mol. The van der Waals surface area contributed by atoms with Crippen LogP contribution in [0.3, 0.4) is 0 Å². The molecule has 374 valence electrons. The molecule has 0 bridgehead atoms. The quantitative estimate of drug-likeness (QED) is 0.0199. The minimum atomic E-state index is -0.813. The van der Waals surface area contributed by atoms with Crippen LogP contribution in [0.25, 0.3) is 0 Å². The van der Waals surface area contributed by atoms with Gasteiger partial charge in [0.2, 0.25) is 0 Å². The highest BCUT2D eigenvalue weighted by atomic mass is 16.6. The van der Waals surface area contributed by atoms with E-state index in [2.05, 4.69) is 130 Å². The summed E-state index contributed by atoms with van der Waals surface area (Å²) >= 11 is 0. The van der Waals surface area contributed by atoms with Crippen molar-refractivity contribution in [3.63, 3.8) is 0 Å². The molecular weight excluding hydrogens is 817 g/mol. The van der Waals surface area contributed by atoms with Crippen LogP contribution in [0, 0.1) is 0 Å². The van der Waals surface area contributed by atoms with Crippen molar-refractivity contribution >= 4 is 17.9 Å². The molecule has 0 aromatic rings. The molecule has 66 heavy (non-hydrogen) atoms. The van der Waals surface area contributed by atoms with Crippen LogP contribution in [0.15, 0.2) is 109 Å². The molecule has 0 spiro atoms. The predicted octanol–water partition coefficient (Wildman–Crippen LogP) is 17.9. The van der Waals surface area contributed by atoms with Gasteiger partial charge < -0.3 is 14.2 Å². The molecule has 0 saturated carbocycles. The Kier molecular flexibility index (Phi) is 50.5.